The Labute approximate surface area is 198 Å². The lowest BCUT2D eigenvalue weighted by atomic mass is 9.92. The van der Waals surface area contributed by atoms with Gasteiger partial charge in [0.2, 0.25) is 10.0 Å². The number of benzene rings is 2. The molecule has 176 valence electrons. The first-order chi connectivity index (χ1) is 16.1. The van der Waals surface area contributed by atoms with Gasteiger partial charge in [-0.25, -0.2) is 8.42 Å². The molecule has 0 unspecified atom stereocenters. The van der Waals surface area contributed by atoms with Crippen LogP contribution in [0.1, 0.15) is 44.1 Å². The molecule has 0 bridgehead atoms. The van der Waals surface area contributed by atoms with Crippen molar-refractivity contribution in [2.45, 2.75) is 49.8 Å². The molecule has 2 aromatic carbocycles. The molecule has 0 saturated carbocycles. The highest BCUT2D eigenvalue weighted by atomic mass is 32.2. The number of aryl methyl sites for hydroxylation is 1. The zero-order valence-electron chi connectivity index (χ0n) is 19.3. The Morgan fingerprint density at radius 3 is 2.48 bits per heavy atom. The van der Waals surface area contributed by atoms with Gasteiger partial charge in [-0.15, -0.1) is 0 Å². The molecule has 2 heterocycles. The van der Waals surface area contributed by atoms with Gasteiger partial charge in [0.05, 0.1) is 4.90 Å². The van der Waals surface area contributed by atoms with E-state index in [9.17, 15) is 8.42 Å². The van der Waals surface area contributed by atoms with Crippen molar-refractivity contribution in [1.82, 2.24) is 14.6 Å². The molecule has 1 aliphatic rings. The first-order valence-corrected chi connectivity index (χ1v) is 13.7. The lowest BCUT2D eigenvalue weighted by Gasteiger charge is -2.31. The van der Waals surface area contributed by atoms with E-state index in [1.807, 2.05) is 48.8 Å². The number of nitrogens with one attached hydrogen (secondary N) is 1. The first kappa shape index (κ1) is 23.9. The van der Waals surface area contributed by atoms with Gasteiger partial charge in [0.25, 0.3) is 0 Å². The number of aromatic nitrogens is 1. The largest absolute Gasteiger partial charge is 0.317 e. The lowest BCUT2D eigenvalue weighted by molar-refractivity contribution is 0.259. The van der Waals surface area contributed by atoms with Gasteiger partial charge in [-0.3, -0.25) is 4.98 Å². The van der Waals surface area contributed by atoms with Gasteiger partial charge in [-0.2, -0.15) is 4.31 Å². The van der Waals surface area contributed by atoms with Crippen molar-refractivity contribution < 1.29 is 8.42 Å². The molecule has 5 nitrogen and oxygen atoms in total. The number of unbranched alkanes of at least 4 members (excludes halogenated alkanes) is 1. The second-order valence-electron chi connectivity index (χ2n) is 9.07. The fourth-order valence-electron chi connectivity index (χ4n) is 4.69. The van der Waals surface area contributed by atoms with Crippen LogP contribution >= 0.6 is 0 Å². The molecule has 0 aliphatic carbocycles. The number of hydrogen-bond donors (Lipinski definition) is 1. The molecule has 0 amide bonds. The topological polar surface area (TPSA) is 62.3 Å². The molecule has 4 rings (SSSR count). The van der Waals surface area contributed by atoms with Crippen LogP contribution in [-0.4, -0.2) is 43.9 Å². The van der Waals surface area contributed by atoms with Crippen LogP contribution in [0, 0.1) is 5.92 Å². The van der Waals surface area contributed by atoms with Gasteiger partial charge in [0, 0.05) is 25.5 Å². The van der Waals surface area contributed by atoms with Gasteiger partial charge in [-0.05, 0) is 85.6 Å². The monoisotopic (exact) mass is 465 g/mol. The summed E-state index contributed by atoms with van der Waals surface area (Å²) in [5, 5.41) is 5.58. The van der Waals surface area contributed by atoms with Crippen LogP contribution in [-0.2, 0) is 16.4 Å². The highest BCUT2D eigenvalue weighted by Gasteiger charge is 2.29. The molecular weight excluding hydrogens is 430 g/mol. The summed E-state index contributed by atoms with van der Waals surface area (Å²) in [5.41, 5.74) is 1.30. The van der Waals surface area contributed by atoms with E-state index in [0.717, 1.165) is 49.5 Å². The van der Waals surface area contributed by atoms with Gasteiger partial charge >= 0.3 is 0 Å². The number of piperidine rings is 1. The number of nitrogens with zero attached hydrogens (tertiary/aromatic N) is 2. The van der Waals surface area contributed by atoms with Gasteiger partial charge in [0.1, 0.15) is 0 Å². The Kier molecular flexibility index (Phi) is 8.48. The van der Waals surface area contributed by atoms with E-state index < -0.39 is 10.0 Å². The van der Waals surface area contributed by atoms with Gasteiger partial charge in [-0.1, -0.05) is 49.2 Å². The summed E-state index contributed by atoms with van der Waals surface area (Å²) in [6.07, 6.45) is 11.5. The van der Waals surface area contributed by atoms with Crippen molar-refractivity contribution in [3.8, 4) is 0 Å². The molecule has 6 heteroatoms. The van der Waals surface area contributed by atoms with E-state index in [-0.39, 0.29) is 0 Å². The molecule has 33 heavy (non-hydrogen) atoms. The Bertz CT molecular complexity index is 1110. The molecule has 1 fully saturated rings. The Morgan fingerprint density at radius 2 is 1.70 bits per heavy atom. The van der Waals surface area contributed by atoms with Crippen LogP contribution in [0.5, 0.6) is 0 Å². The zero-order chi connectivity index (χ0) is 22.9. The second-order valence-corrected chi connectivity index (χ2v) is 11.0. The maximum atomic E-state index is 13.1. The Hall–Kier alpha value is -2.28. The van der Waals surface area contributed by atoms with E-state index >= 15 is 0 Å². The Morgan fingerprint density at radius 1 is 0.909 bits per heavy atom. The number of pyridine rings is 1. The highest BCUT2D eigenvalue weighted by molar-refractivity contribution is 7.89. The van der Waals surface area contributed by atoms with Crippen molar-refractivity contribution in [2.24, 2.45) is 5.92 Å². The average Bonchev–Trinajstić information content (AvgIpc) is 2.86. The van der Waals surface area contributed by atoms with Crippen molar-refractivity contribution in [3.05, 3.63) is 72.6 Å². The predicted octanol–water partition coefficient (Wildman–Crippen LogP) is 5.03. The molecule has 1 aromatic heterocycles. The molecule has 3 aromatic rings. The standard InChI is InChI=1S/C27H35N3O2S/c31-33(32,27-13-12-25-10-1-2-11-26(25)21-27)30-19-14-23(15-20-30)7-3-4-16-28-17-5-8-24-9-6-18-29-22-24/h1-2,6,9-13,18,21-23,28H,3-5,7-8,14-17,19-20H2. The molecule has 0 atom stereocenters. The van der Waals surface area contributed by atoms with E-state index in [0.29, 0.717) is 23.9 Å². The van der Waals surface area contributed by atoms with Crippen molar-refractivity contribution in [1.29, 1.82) is 0 Å². The summed E-state index contributed by atoms with van der Waals surface area (Å²) >= 11 is 0. The fraction of sp³-hybridized carbons (Fsp3) is 0.444. The summed E-state index contributed by atoms with van der Waals surface area (Å²) in [7, 11) is -3.42. The molecule has 0 spiro atoms. The summed E-state index contributed by atoms with van der Waals surface area (Å²) in [4.78, 5) is 4.57. The SMILES string of the molecule is O=S(=O)(c1ccc2ccccc2c1)N1CCC(CCCCNCCCc2cccnc2)CC1. The first-order valence-electron chi connectivity index (χ1n) is 12.2. The number of fused-ring (bicyclic) bond motifs is 1. The van der Waals surface area contributed by atoms with Crippen LogP contribution in [0.2, 0.25) is 0 Å². The van der Waals surface area contributed by atoms with E-state index in [4.69, 9.17) is 0 Å². The van der Waals surface area contributed by atoms with Crippen LogP contribution < -0.4 is 5.32 Å². The van der Waals surface area contributed by atoms with Gasteiger partial charge < -0.3 is 5.32 Å². The van der Waals surface area contributed by atoms with Crippen LogP contribution in [0.3, 0.4) is 0 Å². The summed E-state index contributed by atoms with van der Waals surface area (Å²) in [5.74, 6) is 0.638. The lowest BCUT2D eigenvalue weighted by Crippen LogP contribution is -2.38. The predicted molar refractivity (Wildman–Crippen MR) is 135 cm³/mol. The minimum atomic E-state index is -3.42. The zero-order valence-corrected chi connectivity index (χ0v) is 20.1. The van der Waals surface area contributed by atoms with Crippen molar-refractivity contribution in [2.75, 3.05) is 26.2 Å². The smallest absolute Gasteiger partial charge is 0.243 e. The van der Waals surface area contributed by atoms with E-state index in [2.05, 4.69) is 16.4 Å². The number of sulfonamides is 1. The highest BCUT2D eigenvalue weighted by Crippen LogP contribution is 2.28. The summed E-state index contributed by atoms with van der Waals surface area (Å²) in [6.45, 7) is 3.36. The molecular formula is C27H35N3O2S. The maximum Gasteiger partial charge on any atom is 0.243 e. The second kappa shape index (κ2) is 11.7. The van der Waals surface area contributed by atoms with Crippen LogP contribution in [0.4, 0.5) is 0 Å². The molecule has 1 aliphatic heterocycles. The summed E-state index contributed by atoms with van der Waals surface area (Å²) in [6, 6.07) is 17.5. The third-order valence-electron chi connectivity index (χ3n) is 6.69. The number of rotatable bonds is 11. The molecule has 0 radical (unpaired) electrons. The average molecular weight is 466 g/mol. The maximum absolute atomic E-state index is 13.1. The van der Waals surface area contributed by atoms with Crippen molar-refractivity contribution in [3.63, 3.8) is 0 Å². The molecule has 1 saturated heterocycles. The van der Waals surface area contributed by atoms with Gasteiger partial charge in [0.15, 0.2) is 0 Å². The number of hydrogen-bond acceptors (Lipinski definition) is 4. The summed E-state index contributed by atoms with van der Waals surface area (Å²) < 4.78 is 27.9. The quantitative estimate of drug-likeness (QED) is 0.404. The van der Waals surface area contributed by atoms with E-state index in [1.54, 1.807) is 16.4 Å². The molecule has 1 N–H and O–H groups in total. The minimum Gasteiger partial charge on any atom is -0.317 e. The normalized spacial score (nSPS) is 15.8. The minimum absolute atomic E-state index is 0.411. The third-order valence-corrected chi connectivity index (χ3v) is 8.58. The Balaban J connectivity index is 1.12. The third kappa shape index (κ3) is 6.62. The van der Waals surface area contributed by atoms with Crippen LogP contribution in [0.15, 0.2) is 71.9 Å². The van der Waals surface area contributed by atoms with E-state index in [1.165, 1.54) is 24.8 Å². The van der Waals surface area contributed by atoms with Crippen LogP contribution in [0.25, 0.3) is 10.8 Å². The fourth-order valence-corrected chi connectivity index (χ4v) is 6.19. The van der Waals surface area contributed by atoms with Crippen molar-refractivity contribution >= 4 is 20.8 Å².